The Kier molecular flexibility index (Phi) is 24.2. The van der Waals surface area contributed by atoms with Gasteiger partial charge in [0, 0.05) is 154 Å². The van der Waals surface area contributed by atoms with E-state index in [4.69, 9.17) is 37.0 Å². The van der Waals surface area contributed by atoms with E-state index < -0.39 is 12.0 Å². The molecule has 0 saturated carbocycles. The molecule has 4 aromatic rings. The van der Waals surface area contributed by atoms with E-state index in [1.165, 1.54) is 11.1 Å². The molecule has 4 atom stereocenters. The van der Waals surface area contributed by atoms with Crippen molar-refractivity contribution in [2.24, 2.45) is 11.5 Å². The largest absolute Gasteiger partial charge is 0.516 e. The van der Waals surface area contributed by atoms with Gasteiger partial charge in [-0.15, -0.1) is 46.5 Å². The van der Waals surface area contributed by atoms with Crippen LogP contribution in [0.3, 0.4) is 0 Å². The van der Waals surface area contributed by atoms with Gasteiger partial charge in [0.1, 0.15) is 6.23 Å². The predicted molar refractivity (Wildman–Crippen MR) is 178 cm³/mol. The first-order valence-electron chi connectivity index (χ1n) is 15.9. The van der Waals surface area contributed by atoms with Gasteiger partial charge in [-0.3, -0.25) is 15.4 Å². The van der Waals surface area contributed by atoms with E-state index in [1.807, 2.05) is 66.7 Å². The molecule has 0 bridgehead atoms. The third-order valence-corrected chi connectivity index (χ3v) is 8.07. The van der Waals surface area contributed by atoms with Crippen molar-refractivity contribution in [1.82, 2.24) is 0 Å². The molecular weight excluding hydrogens is 946 g/mol. The molecule has 1 amide bonds. The van der Waals surface area contributed by atoms with Crippen molar-refractivity contribution in [2.45, 2.75) is 83.0 Å². The van der Waals surface area contributed by atoms with Crippen LogP contribution in [-0.2, 0) is 161 Å². The molecule has 4 aliphatic rings. The van der Waals surface area contributed by atoms with E-state index in [1.54, 1.807) is 6.07 Å². The molecule has 0 aromatic heterocycles. The normalized spacial score (nSPS) is 19.5. The van der Waals surface area contributed by atoms with Crippen molar-refractivity contribution in [1.29, 1.82) is 0 Å². The van der Waals surface area contributed by atoms with Crippen molar-refractivity contribution >= 4 is 5.91 Å². The number of nitrogens with zero attached hydrogens (tertiary/aromatic N) is 1. The van der Waals surface area contributed by atoms with Crippen LogP contribution in [0.1, 0.15) is 54.9 Å². The fourth-order valence-electron chi connectivity index (χ4n) is 5.47. The molecule has 0 fully saturated rings. The quantitative estimate of drug-likeness (QED) is 0.227. The second-order valence-corrected chi connectivity index (χ2v) is 11.6. The molecule has 0 aliphatic carbocycles. The molecule has 4 N–H and O–H groups in total. The summed E-state index contributed by atoms with van der Waals surface area (Å²) in [7, 11) is 0. The Bertz CT molecular complexity index is 1630. The number of benzene rings is 4. The van der Waals surface area contributed by atoms with Gasteiger partial charge < -0.3 is 24.7 Å². The molecule has 4 heterocycles. The maximum atomic E-state index is 10.9. The van der Waals surface area contributed by atoms with Crippen LogP contribution in [0, 0.1) is 30.8 Å². The average molecular weight is 985 g/mol. The second-order valence-electron chi connectivity index (χ2n) is 11.6. The van der Waals surface area contributed by atoms with E-state index in [0.717, 1.165) is 79.1 Å². The first-order chi connectivity index (χ1) is 22.9. The van der Waals surface area contributed by atoms with Crippen molar-refractivity contribution in [3.63, 3.8) is 0 Å². The number of carbonyl (C=O) groups is 1. The zero-order chi connectivity index (χ0) is 33.0. The molecule has 0 spiro atoms. The first kappa shape index (κ1) is 48.4. The van der Waals surface area contributed by atoms with E-state index in [-0.39, 0.29) is 143 Å². The van der Waals surface area contributed by atoms with E-state index >= 15 is 0 Å². The minimum absolute atomic E-state index is 0. The van der Waals surface area contributed by atoms with Gasteiger partial charge in [-0.2, -0.15) is 72.8 Å². The Balaban J connectivity index is 0.000000332. The zero-order valence-electron chi connectivity index (χ0n) is 28.8. The maximum Gasteiger partial charge on any atom is 0.363 e. The molecule has 256 valence electrons. The van der Waals surface area contributed by atoms with Crippen molar-refractivity contribution in [2.75, 3.05) is 0 Å². The number of hydrogen-bond donors (Lipinski definition) is 2. The van der Waals surface area contributed by atoms with Crippen LogP contribution in [0.4, 0.5) is 0 Å². The molecule has 51 heavy (non-hydrogen) atoms. The summed E-state index contributed by atoms with van der Waals surface area (Å²) in [6.45, 7) is 8.94. The molecule has 12 heteroatoms. The summed E-state index contributed by atoms with van der Waals surface area (Å²) >= 11 is 0. The van der Waals surface area contributed by atoms with E-state index in [9.17, 15) is 4.79 Å². The van der Waals surface area contributed by atoms with Crippen LogP contribution in [0.5, 0.6) is 23.0 Å². The van der Waals surface area contributed by atoms with Crippen molar-refractivity contribution in [3.8, 4) is 23.0 Å². The van der Waals surface area contributed by atoms with Crippen LogP contribution in [0.15, 0.2) is 72.8 Å². The number of ether oxygens (including phenoxy) is 4. The molecule has 8 rings (SSSR count). The summed E-state index contributed by atoms with van der Waals surface area (Å²) in [5.41, 5.74) is 15.5. The summed E-state index contributed by atoms with van der Waals surface area (Å²) in [6, 6.07) is 34.7. The molecule has 4 aliphatic heterocycles. The fraction of sp³-hybridized carbons (Fsp3) is 0.333. The number of nitrogens with two attached hydrogens (primary N) is 2. The summed E-state index contributed by atoms with van der Waals surface area (Å²) in [4.78, 5) is 14.2. The van der Waals surface area contributed by atoms with Gasteiger partial charge >= 0.3 is 6.23 Å². The average Bonchev–Trinajstić information content (AvgIpc) is 3.12. The molecule has 0 saturated heterocycles. The van der Waals surface area contributed by atoms with Crippen LogP contribution < -0.4 is 30.4 Å². The minimum Gasteiger partial charge on any atom is -0.516 e. The Morgan fingerprint density at radius 3 is 1.55 bits per heavy atom. The van der Waals surface area contributed by atoms with Gasteiger partial charge in [-0.05, 0) is 26.2 Å². The number of primary amides is 1. The number of fused-ring (bicyclic) bond motifs is 4. The monoisotopic (exact) mass is 985 g/mol. The first-order valence-corrected chi connectivity index (χ1v) is 15.9. The minimum atomic E-state index is -0.463. The van der Waals surface area contributed by atoms with Gasteiger partial charge in [0.15, 0.2) is 6.10 Å². The van der Waals surface area contributed by atoms with Gasteiger partial charge in [-0.1, -0.05) is 25.7 Å². The number of rotatable bonds is 1. The number of amides is 1. The SMILES string of the molecule is CC1CCc2c[c-]ccc2O1.NC(=O)C1CCc2c[c-]ccc2O1.NC1CCc2c[c-]ccc2O1.[C-]#[N+]C1CCc2c[c-]ccc2O1.[Y].[Y].[Y].[Y]. The van der Waals surface area contributed by atoms with Gasteiger partial charge in [0.25, 0.3) is 5.91 Å². The number of hydrogen-bond acceptors (Lipinski definition) is 6. The third kappa shape index (κ3) is 15.2. The van der Waals surface area contributed by atoms with Gasteiger partial charge in [0.05, 0.1) is 12.5 Å². The predicted octanol–water partition coefficient (Wildman–Crippen LogP) is 6.01. The zero-order valence-corrected chi connectivity index (χ0v) is 40.2. The molecule has 4 aromatic carbocycles. The Morgan fingerprint density at radius 2 is 1.06 bits per heavy atom. The molecule has 4 radical (unpaired) electrons. The maximum absolute atomic E-state index is 10.9. The van der Waals surface area contributed by atoms with Crippen molar-refractivity contribution < 1.29 is 155 Å². The van der Waals surface area contributed by atoms with Crippen LogP contribution >= 0.6 is 0 Å². The molecule has 8 nitrogen and oxygen atoms in total. The van der Waals surface area contributed by atoms with Crippen LogP contribution in [0.25, 0.3) is 4.85 Å². The van der Waals surface area contributed by atoms with Gasteiger partial charge in [-0.25, -0.2) is 6.57 Å². The Hall–Kier alpha value is -0.584. The fourth-order valence-corrected chi connectivity index (χ4v) is 5.47. The van der Waals surface area contributed by atoms with Crippen LogP contribution in [0.2, 0.25) is 0 Å². The van der Waals surface area contributed by atoms with Crippen LogP contribution in [-0.4, -0.2) is 30.6 Å². The van der Waals surface area contributed by atoms with Gasteiger partial charge in [0.2, 0.25) is 0 Å². The third-order valence-electron chi connectivity index (χ3n) is 8.07. The second kappa shape index (κ2) is 25.5. The summed E-state index contributed by atoms with van der Waals surface area (Å²) in [6.07, 6.45) is 6.93. The van der Waals surface area contributed by atoms with E-state index in [2.05, 4.69) is 36.0 Å². The number of carbonyl (C=O) groups excluding carboxylic acids is 1. The molecular formula is C39H39N3O5Y4-4. The summed E-state index contributed by atoms with van der Waals surface area (Å²) < 4.78 is 21.8. The summed E-state index contributed by atoms with van der Waals surface area (Å²) in [5.74, 6) is 3.18. The summed E-state index contributed by atoms with van der Waals surface area (Å²) in [5, 5.41) is 0. The number of aryl methyl sites for hydroxylation is 4. The topological polar surface area (TPSA) is 110 Å². The smallest absolute Gasteiger partial charge is 0.363 e. The Morgan fingerprint density at radius 1 is 0.647 bits per heavy atom. The molecule has 4 unspecified atom stereocenters. The Labute approximate surface area is 403 Å². The standard InChI is InChI=1S/C10H10NO2.C10H8NO.C10H11O.C9H10NO.4Y/c11-10(12)9-6-5-7-3-1-2-4-8(7)13-9;1-11-10-7-6-8-4-2-3-5-9(8)12-10;1-8-6-7-9-4-2-3-5-10(9)11-8;10-9-6-5-7-3-1-2-4-8(7)11-9;;;;/h2-4,9H,5-6H2,(H2,11,12);3-5,10H,6-7H2;3-5,8H,6-7H2,1H3;2-4,9H,5-6,10H2;;;;/q4*-1;;;;. The van der Waals surface area contributed by atoms with Crippen molar-refractivity contribution in [3.05, 3.63) is 131 Å². The van der Waals surface area contributed by atoms with E-state index in [0.29, 0.717) is 12.5 Å².